The van der Waals surface area contributed by atoms with Crippen LogP contribution in [0.1, 0.15) is 22.3 Å². The highest BCUT2D eigenvalue weighted by molar-refractivity contribution is 8.26. The molecule has 60 heavy (non-hydrogen) atoms. The minimum Gasteiger partial charge on any atom is -0.310 e. The smallest absolute Gasteiger partial charge is 0.181 e. The van der Waals surface area contributed by atoms with Crippen molar-refractivity contribution >= 4 is 91.4 Å². The van der Waals surface area contributed by atoms with Crippen LogP contribution >= 0.6 is 17.8 Å². The lowest BCUT2D eigenvalue weighted by molar-refractivity contribution is 0.692. The Morgan fingerprint density at radius 1 is 0.417 bits per heavy atom. The van der Waals surface area contributed by atoms with E-state index in [2.05, 4.69) is 235 Å². The van der Waals surface area contributed by atoms with Crippen molar-refractivity contribution in [3.63, 3.8) is 0 Å². The molecule has 0 amide bonds. The molecule has 0 aromatic heterocycles. The van der Waals surface area contributed by atoms with E-state index in [1.165, 1.54) is 80.1 Å². The first-order chi connectivity index (χ1) is 29.7. The topological polar surface area (TPSA) is 3.24 Å². The molecule has 1 nitrogen and oxygen atoms in total. The van der Waals surface area contributed by atoms with Crippen LogP contribution < -0.4 is 41.6 Å². The van der Waals surface area contributed by atoms with Crippen LogP contribution in [0.4, 0.5) is 17.1 Å². The molecule has 0 saturated heterocycles. The average Bonchev–Trinajstić information content (AvgIpc) is 3.32. The lowest BCUT2D eigenvalue weighted by Crippen LogP contribution is -2.81. The predicted octanol–water partition coefficient (Wildman–Crippen LogP) is 9.76. The summed E-state index contributed by atoms with van der Waals surface area (Å²) in [5.41, 5.74) is 8.27. The number of hydrogen-bond acceptors (Lipinski definition) is 3. The molecule has 9 aromatic carbocycles. The lowest BCUT2D eigenvalue weighted by atomic mass is 9.62. The number of fused-ring (bicyclic) bond motifs is 10. The Bertz CT molecular complexity index is 3050. The zero-order valence-electron chi connectivity index (χ0n) is 32.7. The van der Waals surface area contributed by atoms with Crippen molar-refractivity contribution in [3.05, 3.63) is 253 Å². The van der Waals surface area contributed by atoms with E-state index in [9.17, 15) is 0 Å². The summed E-state index contributed by atoms with van der Waals surface area (Å²) < 4.78 is 0. The van der Waals surface area contributed by atoms with E-state index in [0.717, 1.165) is 5.69 Å². The Hall–Kier alpha value is -6.00. The number of benzene rings is 9. The van der Waals surface area contributed by atoms with Gasteiger partial charge in [0.05, 0.1) is 16.8 Å². The van der Waals surface area contributed by atoms with E-state index < -0.39 is 19.5 Å². The SMILES string of the molecule is S=P1(c2ccccc2)c2ccccc2[Si](c2ccccc2)(c2ccccc2)c2cc(N3c4ccccc4C4(c5ccccc5Sc5ccccc54)c4ccccc43)ccc21. The Balaban J connectivity index is 1.20. The Morgan fingerprint density at radius 3 is 1.45 bits per heavy atom. The summed E-state index contributed by atoms with van der Waals surface area (Å²) in [5, 5.41) is 9.34. The molecule has 5 heteroatoms. The lowest BCUT2D eigenvalue weighted by Gasteiger charge is -2.49. The van der Waals surface area contributed by atoms with Crippen molar-refractivity contribution in [2.24, 2.45) is 0 Å². The van der Waals surface area contributed by atoms with Crippen molar-refractivity contribution in [1.29, 1.82) is 0 Å². The van der Waals surface area contributed by atoms with E-state index in [1.807, 2.05) is 11.8 Å². The van der Waals surface area contributed by atoms with Gasteiger partial charge in [0, 0.05) is 21.5 Å². The van der Waals surface area contributed by atoms with Gasteiger partial charge >= 0.3 is 0 Å². The minimum atomic E-state index is -2.98. The maximum absolute atomic E-state index is 7.23. The fourth-order valence-electron chi connectivity index (χ4n) is 10.8. The Morgan fingerprint density at radius 2 is 0.867 bits per heavy atom. The molecule has 9 aromatic rings. The molecule has 3 aliphatic rings. The van der Waals surface area contributed by atoms with Gasteiger partial charge in [0.1, 0.15) is 0 Å². The average molecular weight is 836 g/mol. The van der Waals surface area contributed by atoms with Gasteiger partial charge in [-0.2, -0.15) is 0 Å². The third-order valence-electron chi connectivity index (χ3n) is 13.1. The van der Waals surface area contributed by atoms with Crippen molar-refractivity contribution < 1.29 is 0 Å². The summed E-state index contributed by atoms with van der Waals surface area (Å²) in [4.78, 5) is 5.15. The molecule has 0 bridgehead atoms. The van der Waals surface area contributed by atoms with Gasteiger partial charge in [-0.1, -0.05) is 218 Å². The van der Waals surface area contributed by atoms with Crippen LogP contribution in [0.15, 0.2) is 240 Å². The van der Waals surface area contributed by atoms with Crippen LogP contribution in [-0.4, -0.2) is 8.07 Å². The number of rotatable bonds is 4. The highest BCUT2D eigenvalue weighted by atomic mass is 32.4. The van der Waals surface area contributed by atoms with E-state index in [0.29, 0.717) is 0 Å². The third kappa shape index (κ3) is 4.79. The van der Waals surface area contributed by atoms with E-state index in [-0.39, 0.29) is 0 Å². The van der Waals surface area contributed by atoms with Crippen LogP contribution in [0.3, 0.4) is 0 Å². The fourth-order valence-corrected chi connectivity index (χ4v) is 23.5. The van der Waals surface area contributed by atoms with Crippen molar-refractivity contribution in [2.45, 2.75) is 15.2 Å². The van der Waals surface area contributed by atoms with Crippen molar-refractivity contribution in [2.75, 3.05) is 4.90 Å². The van der Waals surface area contributed by atoms with Gasteiger partial charge in [-0.05, 0) is 95.3 Å². The summed E-state index contributed by atoms with van der Waals surface area (Å²) in [7, 11) is -2.98. The summed E-state index contributed by atoms with van der Waals surface area (Å²) in [5.74, 6) is 0. The van der Waals surface area contributed by atoms with Gasteiger partial charge in [-0.3, -0.25) is 0 Å². The minimum absolute atomic E-state index is 0.504. The van der Waals surface area contributed by atoms with Gasteiger partial charge < -0.3 is 4.90 Å². The number of nitrogens with zero attached hydrogens (tertiary/aromatic N) is 1. The maximum atomic E-state index is 7.23. The molecule has 1 spiro atoms. The molecule has 3 heterocycles. The Labute approximate surface area is 362 Å². The first-order valence-electron chi connectivity index (χ1n) is 20.5. The number of hydrogen-bond donors (Lipinski definition) is 0. The molecule has 0 fully saturated rings. The van der Waals surface area contributed by atoms with Crippen molar-refractivity contribution in [3.8, 4) is 0 Å². The van der Waals surface area contributed by atoms with Gasteiger partial charge in [0.25, 0.3) is 0 Å². The first-order valence-corrected chi connectivity index (χ1v) is 26.2. The monoisotopic (exact) mass is 835 g/mol. The quantitative estimate of drug-likeness (QED) is 0.129. The highest BCUT2D eigenvalue weighted by Crippen LogP contribution is 2.62. The summed E-state index contributed by atoms with van der Waals surface area (Å²) >= 11 is 9.12. The molecule has 0 saturated carbocycles. The molecule has 284 valence electrons. The summed E-state index contributed by atoms with van der Waals surface area (Å²) in [6, 6.07) is 84.0. The normalized spacial score (nSPS) is 17.3. The summed E-state index contributed by atoms with van der Waals surface area (Å²) in [6.45, 7) is 0. The van der Waals surface area contributed by atoms with Crippen LogP contribution in [0.2, 0.25) is 0 Å². The summed E-state index contributed by atoms with van der Waals surface area (Å²) in [6.07, 6.45) is 0. The molecule has 1 unspecified atom stereocenters. The van der Waals surface area contributed by atoms with Gasteiger partial charge in [-0.25, -0.2) is 0 Å². The molecular weight excluding hydrogens is 798 g/mol. The van der Waals surface area contributed by atoms with Crippen LogP contribution in [-0.2, 0) is 17.2 Å². The van der Waals surface area contributed by atoms with Crippen LogP contribution in [0.25, 0.3) is 0 Å². The van der Waals surface area contributed by atoms with E-state index >= 15 is 0 Å². The first kappa shape index (κ1) is 35.9. The standard InChI is InChI=1S/C55H38NPS2Si/c58-57(40-20-4-1-5-21-40)49-32-16-19-35-53(49)60(41-22-6-2-7-23-41,42-24-8-3-9-25-42)54-38-39(36-37-50(54)57)56-47-30-14-10-26-43(47)55(44-27-11-15-31-48(44)56)45-28-12-17-33-51(45)59-52-34-18-13-29-46(52)55/h1-38H. The molecule has 3 aliphatic heterocycles. The molecule has 0 N–H and O–H groups in total. The largest absolute Gasteiger partial charge is 0.310 e. The third-order valence-corrected chi connectivity index (χ3v) is 24.5. The fraction of sp³-hybridized carbons (Fsp3) is 0.0182. The van der Waals surface area contributed by atoms with Gasteiger partial charge in [0.15, 0.2) is 8.07 Å². The molecule has 0 radical (unpaired) electrons. The number of para-hydroxylation sites is 2. The van der Waals surface area contributed by atoms with Crippen LogP contribution in [0.5, 0.6) is 0 Å². The highest BCUT2D eigenvalue weighted by Gasteiger charge is 2.53. The Kier molecular flexibility index (Phi) is 8.24. The second kappa shape index (κ2) is 13.8. The number of anilines is 3. The second-order valence-electron chi connectivity index (χ2n) is 15.9. The molecule has 1 atom stereocenters. The zero-order valence-corrected chi connectivity index (χ0v) is 36.2. The molecule has 12 rings (SSSR count). The second-order valence-corrected chi connectivity index (χ2v) is 25.0. The molecular formula is C55H38NPS2Si. The van der Waals surface area contributed by atoms with Gasteiger partial charge in [0.2, 0.25) is 0 Å². The van der Waals surface area contributed by atoms with Crippen LogP contribution in [0, 0.1) is 0 Å². The van der Waals surface area contributed by atoms with Crippen molar-refractivity contribution in [1.82, 2.24) is 0 Å². The van der Waals surface area contributed by atoms with E-state index in [4.69, 9.17) is 11.8 Å². The zero-order chi connectivity index (χ0) is 39.9. The predicted molar refractivity (Wildman–Crippen MR) is 260 cm³/mol. The maximum Gasteiger partial charge on any atom is 0.181 e. The van der Waals surface area contributed by atoms with Gasteiger partial charge in [-0.15, -0.1) is 0 Å². The molecule has 0 aliphatic carbocycles. The van der Waals surface area contributed by atoms with E-state index in [1.54, 1.807) is 0 Å².